The van der Waals surface area contributed by atoms with Crippen molar-refractivity contribution in [3.63, 3.8) is 0 Å². The lowest BCUT2D eigenvalue weighted by Gasteiger charge is -2.23. The summed E-state index contributed by atoms with van der Waals surface area (Å²) in [6, 6.07) is 14.8. The van der Waals surface area contributed by atoms with E-state index in [9.17, 15) is 19.1 Å². The molecular formula is C27H20F2N2O4S. The molecule has 182 valence electrons. The lowest BCUT2D eigenvalue weighted by molar-refractivity contribution is -0.132. The van der Waals surface area contributed by atoms with Gasteiger partial charge in [0.15, 0.2) is 5.13 Å². The van der Waals surface area contributed by atoms with Gasteiger partial charge in [0.1, 0.15) is 29.2 Å². The van der Waals surface area contributed by atoms with Gasteiger partial charge in [0, 0.05) is 11.1 Å². The zero-order valence-electron chi connectivity index (χ0n) is 19.1. The number of benzene rings is 3. The molecule has 1 fully saturated rings. The fourth-order valence-corrected chi connectivity index (χ4v) is 5.11. The first kappa shape index (κ1) is 23.6. The molecule has 0 radical (unpaired) electrons. The number of thiazole rings is 1. The maximum atomic E-state index is 15.0. The molecule has 9 heteroatoms. The van der Waals surface area contributed by atoms with Gasteiger partial charge < -0.3 is 9.84 Å². The molecule has 3 aromatic carbocycles. The number of anilines is 1. The van der Waals surface area contributed by atoms with E-state index in [0.29, 0.717) is 22.6 Å². The van der Waals surface area contributed by atoms with Crippen LogP contribution in [0.1, 0.15) is 30.5 Å². The lowest BCUT2D eigenvalue weighted by Crippen LogP contribution is -2.29. The summed E-state index contributed by atoms with van der Waals surface area (Å²) < 4.78 is 34.8. The smallest absolute Gasteiger partial charge is 0.301 e. The molecule has 0 bridgehead atoms. The van der Waals surface area contributed by atoms with Gasteiger partial charge in [-0.25, -0.2) is 13.8 Å². The number of fused-ring (bicyclic) bond motifs is 1. The predicted molar refractivity (Wildman–Crippen MR) is 133 cm³/mol. The zero-order chi connectivity index (χ0) is 25.4. The maximum absolute atomic E-state index is 15.0. The number of halogens is 2. The summed E-state index contributed by atoms with van der Waals surface area (Å²) in [5.74, 6) is -2.93. The highest BCUT2D eigenvalue weighted by molar-refractivity contribution is 7.22. The van der Waals surface area contributed by atoms with Gasteiger partial charge in [-0.15, -0.1) is 0 Å². The van der Waals surface area contributed by atoms with E-state index in [-0.39, 0.29) is 21.8 Å². The zero-order valence-corrected chi connectivity index (χ0v) is 19.9. The number of carbonyl (C=O) groups excluding carboxylic acids is 2. The van der Waals surface area contributed by atoms with Crippen LogP contribution < -0.4 is 9.64 Å². The van der Waals surface area contributed by atoms with E-state index < -0.39 is 35.1 Å². The van der Waals surface area contributed by atoms with Crippen molar-refractivity contribution in [2.45, 2.75) is 19.4 Å². The van der Waals surface area contributed by atoms with Crippen LogP contribution in [0.15, 0.2) is 72.3 Å². The quantitative estimate of drug-likeness (QED) is 0.197. The van der Waals surface area contributed by atoms with E-state index in [2.05, 4.69) is 4.98 Å². The monoisotopic (exact) mass is 506 g/mol. The molecule has 1 aromatic heterocycles. The molecule has 6 nitrogen and oxygen atoms in total. The Bertz CT molecular complexity index is 1510. The summed E-state index contributed by atoms with van der Waals surface area (Å²) in [6.07, 6.45) is 0.826. The van der Waals surface area contributed by atoms with Crippen LogP contribution in [-0.4, -0.2) is 28.4 Å². The number of nitrogens with zero attached hydrogens (tertiary/aromatic N) is 2. The Hall–Kier alpha value is -4.11. The van der Waals surface area contributed by atoms with E-state index in [1.807, 2.05) is 6.92 Å². The van der Waals surface area contributed by atoms with Crippen molar-refractivity contribution in [3.8, 4) is 5.75 Å². The van der Waals surface area contributed by atoms with Crippen molar-refractivity contribution in [1.82, 2.24) is 4.98 Å². The predicted octanol–water partition coefficient (Wildman–Crippen LogP) is 5.99. The molecule has 1 saturated heterocycles. The van der Waals surface area contributed by atoms with Crippen LogP contribution in [0.4, 0.5) is 13.9 Å². The van der Waals surface area contributed by atoms with Crippen LogP contribution in [0, 0.1) is 11.6 Å². The first-order valence-corrected chi connectivity index (χ1v) is 12.1. The molecule has 36 heavy (non-hydrogen) atoms. The maximum Gasteiger partial charge on any atom is 0.301 e. The van der Waals surface area contributed by atoms with Gasteiger partial charge in [0.25, 0.3) is 5.78 Å². The second kappa shape index (κ2) is 9.50. The van der Waals surface area contributed by atoms with Gasteiger partial charge in [-0.05, 0) is 55.0 Å². The first-order valence-electron chi connectivity index (χ1n) is 11.2. The van der Waals surface area contributed by atoms with E-state index in [0.717, 1.165) is 22.7 Å². The van der Waals surface area contributed by atoms with Gasteiger partial charge in [0.05, 0.1) is 22.4 Å². The summed E-state index contributed by atoms with van der Waals surface area (Å²) >= 11 is 0.996. The van der Waals surface area contributed by atoms with E-state index in [1.165, 1.54) is 36.4 Å². The van der Waals surface area contributed by atoms with Crippen molar-refractivity contribution in [3.05, 3.63) is 95.1 Å². The number of Topliss-reactive ketones (excluding diaryl/α,β-unsaturated/α-hetero) is 1. The summed E-state index contributed by atoms with van der Waals surface area (Å²) in [7, 11) is 0. The molecule has 5 rings (SSSR count). The van der Waals surface area contributed by atoms with Gasteiger partial charge >= 0.3 is 5.91 Å². The lowest BCUT2D eigenvalue weighted by atomic mass is 9.95. The Morgan fingerprint density at radius 2 is 1.83 bits per heavy atom. The second-order valence-corrected chi connectivity index (χ2v) is 9.18. The number of ketones is 1. The summed E-state index contributed by atoms with van der Waals surface area (Å²) in [4.78, 5) is 31.9. The largest absolute Gasteiger partial charge is 0.507 e. The molecule has 1 N–H and O–H groups in total. The van der Waals surface area contributed by atoms with Crippen LogP contribution >= 0.6 is 11.3 Å². The van der Waals surface area contributed by atoms with Crippen molar-refractivity contribution in [2.24, 2.45) is 0 Å². The number of hydrogen-bond donors (Lipinski definition) is 1. The third-order valence-electron chi connectivity index (χ3n) is 5.79. The minimum atomic E-state index is -1.27. The molecule has 1 aliphatic rings. The minimum Gasteiger partial charge on any atom is -0.507 e. The molecule has 1 aliphatic heterocycles. The topological polar surface area (TPSA) is 79.7 Å². The highest BCUT2D eigenvalue weighted by Gasteiger charge is 2.49. The number of carbonyl (C=O) groups is 2. The Labute approximate surface area is 209 Å². The fraction of sp³-hybridized carbons (Fsp3) is 0.148. The van der Waals surface area contributed by atoms with Crippen LogP contribution in [-0.2, 0) is 9.59 Å². The molecule has 0 aliphatic carbocycles. The molecule has 1 amide bonds. The number of rotatable bonds is 6. The van der Waals surface area contributed by atoms with Crippen LogP contribution in [0.5, 0.6) is 5.75 Å². The van der Waals surface area contributed by atoms with Crippen molar-refractivity contribution < 1.29 is 28.2 Å². The Morgan fingerprint density at radius 3 is 2.56 bits per heavy atom. The molecule has 1 unspecified atom stereocenters. The first-order chi connectivity index (χ1) is 17.4. The Morgan fingerprint density at radius 1 is 1.08 bits per heavy atom. The third-order valence-corrected chi connectivity index (χ3v) is 6.81. The summed E-state index contributed by atoms with van der Waals surface area (Å²) in [5, 5.41) is 11.3. The molecule has 2 heterocycles. The van der Waals surface area contributed by atoms with Crippen molar-refractivity contribution in [2.75, 3.05) is 11.5 Å². The highest BCUT2D eigenvalue weighted by Crippen LogP contribution is 2.45. The summed E-state index contributed by atoms with van der Waals surface area (Å²) in [6.45, 7) is 2.50. The number of aromatic nitrogens is 1. The van der Waals surface area contributed by atoms with Gasteiger partial charge in [-0.3, -0.25) is 14.5 Å². The Balaban J connectivity index is 1.66. The van der Waals surface area contributed by atoms with Crippen LogP contribution in [0.25, 0.3) is 16.0 Å². The van der Waals surface area contributed by atoms with E-state index in [4.69, 9.17) is 4.74 Å². The van der Waals surface area contributed by atoms with E-state index >= 15 is 4.39 Å². The summed E-state index contributed by atoms with van der Waals surface area (Å²) in [5.41, 5.74) is 0.446. The molecule has 0 spiro atoms. The van der Waals surface area contributed by atoms with Crippen LogP contribution in [0.3, 0.4) is 0 Å². The molecule has 1 atom stereocenters. The average Bonchev–Trinajstić information content (AvgIpc) is 3.40. The molecular weight excluding hydrogens is 486 g/mol. The number of aliphatic hydroxyl groups is 1. The van der Waals surface area contributed by atoms with Crippen LogP contribution in [0.2, 0.25) is 0 Å². The average molecular weight is 507 g/mol. The van der Waals surface area contributed by atoms with Gasteiger partial charge in [-0.2, -0.15) is 0 Å². The normalized spacial score (nSPS) is 17.2. The van der Waals surface area contributed by atoms with E-state index in [1.54, 1.807) is 30.3 Å². The van der Waals surface area contributed by atoms with Gasteiger partial charge in [0.2, 0.25) is 0 Å². The number of hydrogen-bond acceptors (Lipinski definition) is 6. The number of ether oxygens (including phenoxy) is 1. The number of amides is 1. The van der Waals surface area contributed by atoms with Gasteiger partial charge in [-0.1, -0.05) is 36.5 Å². The minimum absolute atomic E-state index is 0.0200. The third kappa shape index (κ3) is 4.11. The SMILES string of the molecule is CCCOc1ccc(/C(O)=C2\C(=O)C(=O)N(c3nc4ccc(F)cc4s3)C2c2ccccc2F)cc1. The Kier molecular flexibility index (Phi) is 6.24. The van der Waals surface area contributed by atoms with Crippen molar-refractivity contribution in [1.29, 1.82) is 0 Å². The molecule has 0 saturated carbocycles. The second-order valence-electron chi connectivity index (χ2n) is 8.17. The highest BCUT2D eigenvalue weighted by atomic mass is 32.1. The molecule has 4 aromatic rings. The number of aliphatic hydroxyl groups excluding tert-OH is 1. The standard InChI is InChI=1S/C27H20F2N2O4S/c1-2-13-35-17-10-7-15(8-11-17)24(32)22-23(18-5-3-4-6-19(18)29)31(26(34)25(22)33)27-30-20-12-9-16(28)14-21(20)36-27/h3-12,14,23,32H,2,13H2,1H3/b24-22+. The fourth-order valence-electron chi connectivity index (χ4n) is 4.09. The van der Waals surface area contributed by atoms with Crippen molar-refractivity contribution >= 4 is 44.1 Å².